The van der Waals surface area contributed by atoms with E-state index in [1.54, 1.807) is 24.3 Å². The highest BCUT2D eigenvalue weighted by atomic mass is 16.2. The van der Waals surface area contributed by atoms with Gasteiger partial charge in [0.25, 0.3) is 0 Å². The zero-order chi connectivity index (χ0) is 16.9. The molecular weight excluding hydrogens is 282 g/mol. The van der Waals surface area contributed by atoms with E-state index in [-0.39, 0.29) is 23.8 Å². The summed E-state index contributed by atoms with van der Waals surface area (Å²) >= 11 is 0. The zero-order valence-corrected chi connectivity index (χ0v) is 13.7. The van der Waals surface area contributed by atoms with E-state index in [0.29, 0.717) is 11.3 Å². The van der Waals surface area contributed by atoms with Crippen molar-refractivity contribution >= 4 is 23.4 Å². The molecule has 0 saturated heterocycles. The first-order valence-corrected chi connectivity index (χ1v) is 7.02. The number of Topliss-reactive ketones (excluding diaryl/α,β-unsaturated/α-hetero) is 1. The van der Waals surface area contributed by atoms with E-state index < -0.39 is 6.03 Å². The van der Waals surface area contributed by atoms with Gasteiger partial charge in [0.15, 0.2) is 5.78 Å². The molecule has 0 atom stereocenters. The van der Waals surface area contributed by atoms with E-state index in [0.717, 1.165) is 0 Å². The first-order valence-electron chi connectivity index (χ1n) is 7.02. The Hall–Kier alpha value is -2.37. The quantitative estimate of drug-likeness (QED) is 0.838. The van der Waals surface area contributed by atoms with Crippen molar-refractivity contribution in [3.05, 3.63) is 29.8 Å². The molecule has 0 aromatic heterocycles. The van der Waals surface area contributed by atoms with E-state index in [1.807, 2.05) is 20.8 Å². The molecule has 0 aliphatic rings. The van der Waals surface area contributed by atoms with Crippen molar-refractivity contribution in [2.24, 2.45) is 0 Å². The lowest BCUT2D eigenvalue weighted by Crippen LogP contribution is -2.47. The molecule has 6 heteroatoms. The number of nitrogens with zero attached hydrogens (tertiary/aromatic N) is 1. The molecule has 0 heterocycles. The molecule has 6 nitrogen and oxygen atoms in total. The molecule has 0 saturated carbocycles. The minimum Gasteiger partial charge on any atom is -0.350 e. The Labute approximate surface area is 130 Å². The molecule has 0 bridgehead atoms. The highest BCUT2D eigenvalue weighted by Gasteiger charge is 2.17. The second kappa shape index (κ2) is 7.06. The van der Waals surface area contributed by atoms with Gasteiger partial charge in [-0.1, -0.05) is 12.1 Å². The van der Waals surface area contributed by atoms with Crippen molar-refractivity contribution in [3.63, 3.8) is 0 Å². The second-order valence-electron chi connectivity index (χ2n) is 6.22. The Bertz CT molecular complexity index is 576. The van der Waals surface area contributed by atoms with Gasteiger partial charge in [-0.05, 0) is 39.8 Å². The Morgan fingerprint density at radius 1 is 1.18 bits per heavy atom. The number of anilines is 1. The normalized spacial score (nSPS) is 10.8. The highest BCUT2D eigenvalue weighted by molar-refractivity contribution is 5.97. The number of benzene rings is 1. The van der Waals surface area contributed by atoms with Crippen molar-refractivity contribution in [2.45, 2.75) is 33.2 Å². The fourth-order valence-corrected chi connectivity index (χ4v) is 1.78. The summed E-state index contributed by atoms with van der Waals surface area (Å²) in [6, 6.07) is 6.25. The lowest BCUT2D eigenvalue weighted by atomic mass is 10.1. The maximum Gasteiger partial charge on any atom is 0.322 e. The molecule has 1 aromatic carbocycles. The number of hydrogen-bond donors (Lipinski definition) is 2. The number of ketones is 1. The van der Waals surface area contributed by atoms with Crippen LogP contribution in [0.3, 0.4) is 0 Å². The molecule has 1 aromatic rings. The number of rotatable bonds is 4. The molecule has 22 heavy (non-hydrogen) atoms. The first kappa shape index (κ1) is 17.7. The summed E-state index contributed by atoms with van der Waals surface area (Å²) < 4.78 is 0. The molecule has 0 aliphatic heterocycles. The Balaban J connectivity index is 2.63. The van der Waals surface area contributed by atoms with Crippen LogP contribution in [0.15, 0.2) is 24.3 Å². The van der Waals surface area contributed by atoms with Crippen molar-refractivity contribution in [1.29, 1.82) is 0 Å². The van der Waals surface area contributed by atoms with Crippen LogP contribution in [0, 0.1) is 0 Å². The zero-order valence-electron chi connectivity index (χ0n) is 13.7. The lowest BCUT2D eigenvalue weighted by Gasteiger charge is -2.23. The summed E-state index contributed by atoms with van der Waals surface area (Å²) in [5.74, 6) is -0.309. The molecule has 0 unspecified atom stereocenters. The number of urea groups is 1. The van der Waals surface area contributed by atoms with Crippen LogP contribution in [0.2, 0.25) is 0 Å². The number of amides is 3. The molecule has 0 fully saturated rings. The minimum absolute atomic E-state index is 0.0461. The van der Waals surface area contributed by atoms with Gasteiger partial charge in [-0.2, -0.15) is 0 Å². The standard InChI is InChI=1S/C16H23N3O3/c1-11(20)12-7-6-8-13(9-12)17-15(22)19(5)10-14(21)18-16(2,3)4/h6-9H,10H2,1-5H3,(H,17,22)(H,18,21). The molecular formula is C16H23N3O3. The molecule has 1 rings (SSSR count). The van der Waals surface area contributed by atoms with Gasteiger partial charge in [0, 0.05) is 23.8 Å². The van der Waals surface area contributed by atoms with Crippen molar-refractivity contribution < 1.29 is 14.4 Å². The van der Waals surface area contributed by atoms with Gasteiger partial charge in [0.1, 0.15) is 6.54 Å². The number of carbonyl (C=O) groups excluding carboxylic acids is 3. The van der Waals surface area contributed by atoms with Gasteiger partial charge in [-0.25, -0.2) is 4.79 Å². The average Bonchev–Trinajstić information content (AvgIpc) is 2.36. The SMILES string of the molecule is CC(=O)c1cccc(NC(=O)N(C)CC(=O)NC(C)(C)C)c1. The van der Waals surface area contributed by atoms with Gasteiger partial charge in [0.2, 0.25) is 5.91 Å². The minimum atomic E-state index is -0.412. The van der Waals surface area contributed by atoms with Crippen LogP contribution in [0.1, 0.15) is 38.1 Å². The van der Waals surface area contributed by atoms with Gasteiger partial charge in [0.05, 0.1) is 0 Å². The maximum absolute atomic E-state index is 12.0. The molecule has 3 amide bonds. The number of likely N-dealkylation sites (N-methyl/N-ethyl adjacent to an activating group) is 1. The topological polar surface area (TPSA) is 78.5 Å². The fraction of sp³-hybridized carbons (Fsp3) is 0.438. The summed E-state index contributed by atoms with van der Waals surface area (Å²) in [6.45, 7) is 7.04. The lowest BCUT2D eigenvalue weighted by molar-refractivity contribution is -0.122. The van der Waals surface area contributed by atoms with Crippen LogP contribution < -0.4 is 10.6 Å². The maximum atomic E-state index is 12.0. The van der Waals surface area contributed by atoms with Crippen molar-refractivity contribution in [1.82, 2.24) is 10.2 Å². The number of carbonyl (C=O) groups is 3. The summed E-state index contributed by atoms with van der Waals surface area (Å²) in [6.07, 6.45) is 0. The molecule has 0 radical (unpaired) electrons. The summed E-state index contributed by atoms with van der Waals surface area (Å²) in [5.41, 5.74) is 0.691. The van der Waals surface area contributed by atoms with Crippen LogP contribution in [0.4, 0.5) is 10.5 Å². The number of hydrogen-bond acceptors (Lipinski definition) is 3. The highest BCUT2D eigenvalue weighted by Crippen LogP contribution is 2.11. The Morgan fingerprint density at radius 3 is 2.36 bits per heavy atom. The fourth-order valence-electron chi connectivity index (χ4n) is 1.78. The van der Waals surface area contributed by atoms with E-state index in [9.17, 15) is 14.4 Å². The van der Waals surface area contributed by atoms with Crippen molar-refractivity contribution in [3.8, 4) is 0 Å². The average molecular weight is 305 g/mol. The largest absolute Gasteiger partial charge is 0.350 e. The van der Waals surface area contributed by atoms with Gasteiger partial charge in [-0.3, -0.25) is 9.59 Å². The summed E-state index contributed by atoms with van der Waals surface area (Å²) in [5, 5.41) is 5.45. The summed E-state index contributed by atoms with van der Waals surface area (Å²) in [4.78, 5) is 36.4. The van der Waals surface area contributed by atoms with E-state index in [4.69, 9.17) is 0 Å². The number of nitrogens with one attached hydrogen (secondary N) is 2. The van der Waals surface area contributed by atoms with Crippen LogP contribution in [-0.2, 0) is 4.79 Å². The van der Waals surface area contributed by atoms with Crippen LogP contribution >= 0.6 is 0 Å². The summed E-state index contributed by atoms with van der Waals surface area (Å²) in [7, 11) is 1.53. The monoisotopic (exact) mass is 305 g/mol. The van der Waals surface area contributed by atoms with Crippen LogP contribution in [0.5, 0.6) is 0 Å². The van der Waals surface area contributed by atoms with Crippen molar-refractivity contribution in [2.75, 3.05) is 18.9 Å². The van der Waals surface area contributed by atoms with Gasteiger partial charge < -0.3 is 15.5 Å². The van der Waals surface area contributed by atoms with E-state index >= 15 is 0 Å². The molecule has 120 valence electrons. The van der Waals surface area contributed by atoms with Gasteiger partial charge in [-0.15, -0.1) is 0 Å². The van der Waals surface area contributed by atoms with Gasteiger partial charge >= 0.3 is 6.03 Å². The van der Waals surface area contributed by atoms with Crippen LogP contribution in [0.25, 0.3) is 0 Å². The molecule has 0 spiro atoms. The first-order chi connectivity index (χ1) is 10.1. The Morgan fingerprint density at radius 2 is 1.82 bits per heavy atom. The molecule has 0 aliphatic carbocycles. The predicted molar refractivity (Wildman–Crippen MR) is 86.0 cm³/mol. The van der Waals surface area contributed by atoms with Crippen LogP contribution in [-0.4, -0.2) is 41.8 Å². The second-order valence-corrected chi connectivity index (χ2v) is 6.22. The van der Waals surface area contributed by atoms with E-state index in [1.165, 1.54) is 18.9 Å². The predicted octanol–water partition coefficient (Wildman–Crippen LogP) is 2.27. The Kier molecular flexibility index (Phi) is 5.68. The third-order valence-electron chi connectivity index (χ3n) is 2.76. The third kappa shape index (κ3) is 5.95. The molecule has 2 N–H and O–H groups in total. The van der Waals surface area contributed by atoms with E-state index in [2.05, 4.69) is 10.6 Å². The third-order valence-corrected chi connectivity index (χ3v) is 2.76. The smallest absolute Gasteiger partial charge is 0.322 e.